The van der Waals surface area contributed by atoms with E-state index >= 15 is 0 Å². The fourth-order valence-electron chi connectivity index (χ4n) is 2.47. The van der Waals surface area contributed by atoms with E-state index in [4.69, 9.17) is 4.74 Å². The minimum absolute atomic E-state index is 0.569. The van der Waals surface area contributed by atoms with E-state index in [-0.39, 0.29) is 0 Å². The highest BCUT2D eigenvalue weighted by Crippen LogP contribution is 2.38. The lowest BCUT2D eigenvalue weighted by Crippen LogP contribution is -2.42. The molecule has 0 saturated carbocycles. The monoisotopic (exact) mass is 212 g/mol. The van der Waals surface area contributed by atoms with Gasteiger partial charge in [-0.05, 0) is 25.2 Å². The fourth-order valence-corrected chi connectivity index (χ4v) is 2.47. The Morgan fingerprint density at radius 1 is 1.13 bits per heavy atom. The summed E-state index contributed by atoms with van der Waals surface area (Å²) < 4.78 is 5.38. The van der Waals surface area contributed by atoms with E-state index in [2.05, 4.69) is 20.8 Å². The Kier molecular flexibility index (Phi) is 5.66. The summed E-state index contributed by atoms with van der Waals surface area (Å²) in [5.41, 5.74) is 0.569. The maximum atomic E-state index is 5.38. The third-order valence-electron chi connectivity index (χ3n) is 4.19. The molecule has 0 aromatic carbocycles. The van der Waals surface area contributed by atoms with E-state index in [1.54, 1.807) is 0 Å². The number of rotatable bonds is 8. The molecule has 0 aromatic rings. The summed E-state index contributed by atoms with van der Waals surface area (Å²) >= 11 is 0. The second-order valence-electron chi connectivity index (χ2n) is 5.30. The average Bonchev–Trinajstić information content (AvgIpc) is 2.21. The molecule has 0 radical (unpaired) electrons. The van der Waals surface area contributed by atoms with E-state index in [0.29, 0.717) is 5.41 Å². The Morgan fingerprint density at radius 3 is 2.27 bits per heavy atom. The first-order valence-corrected chi connectivity index (χ1v) is 6.84. The van der Waals surface area contributed by atoms with Crippen molar-refractivity contribution in [2.24, 2.45) is 11.3 Å². The summed E-state index contributed by atoms with van der Waals surface area (Å²) in [4.78, 5) is 0. The molecule has 1 aliphatic heterocycles. The number of ether oxygens (including phenoxy) is 1. The molecule has 1 heterocycles. The molecule has 1 atom stereocenters. The normalized spacial score (nSPS) is 21.0. The maximum Gasteiger partial charge on any atom is 0.0544 e. The zero-order chi connectivity index (χ0) is 11.1. The molecule has 0 bridgehead atoms. The molecule has 1 unspecified atom stereocenters. The van der Waals surface area contributed by atoms with Crippen LogP contribution in [0.1, 0.15) is 65.7 Å². The molecular formula is C14H28O. The van der Waals surface area contributed by atoms with Gasteiger partial charge in [0.05, 0.1) is 13.2 Å². The molecular weight excluding hydrogens is 184 g/mol. The molecule has 1 rings (SSSR count). The lowest BCUT2D eigenvalue weighted by Gasteiger charge is -2.41. The van der Waals surface area contributed by atoms with Gasteiger partial charge in [-0.2, -0.15) is 0 Å². The zero-order valence-electron chi connectivity index (χ0n) is 10.8. The Bertz CT molecular complexity index is 155. The third-order valence-corrected chi connectivity index (χ3v) is 4.19. The number of hydrogen-bond acceptors (Lipinski definition) is 1. The van der Waals surface area contributed by atoms with Gasteiger partial charge in [0.1, 0.15) is 0 Å². The molecule has 1 heteroatoms. The molecule has 15 heavy (non-hydrogen) atoms. The van der Waals surface area contributed by atoms with Gasteiger partial charge in [0.2, 0.25) is 0 Å². The largest absolute Gasteiger partial charge is 0.380 e. The molecule has 1 saturated heterocycles. The van der Waals surface area contributed by atoms with E-state index in [1.165, 1.54) is 44.9 Å². The Labute approximate surface area is 95.6 Å². The van der Waals surface area contributed by atoms with Gasteiger partial charge in [0.25, 0.3) is 0 Å². The molecule has 1 aliphatic rings. The van der Waals surface area contributed by atoms with Crippen LogP contribution in [-0.2, 0) is 4.74 Å². The number of unbranched alkanes of at least 4 members (excludes halogenated alkanes) is 1. The average molecular weight is 212 g/mol. The number of hydrogen-bond donors (Lipinski definition) is 0. The van der Waals surface area contributed by atoms with Gasteiger partial charge in [-0.15, -0.1) is 0 Å². The molecule has 0 N–H and O–H groups in total. The predicted molar refractivity (Wildman–Crippen MR) is 66.1 cm³/mol. The van der Waals surface area contributed by atoms with Crippen molar-refractivity contribution < 1.29 is 4.74 Å². The summed E-state index contributed by atoms with van der Waals surface area (Å²) in [6.07, 6.45) is 9.68. The maximum absolute atomic E-state index is 5.38. The van der Waals surface area contributed by atoms with Crippen molar-refractivity contribution in [2.45, 2.75) is 65.7 Å². The minimum atomic E-state index is 0.569. The van der Waals surface area contributed by atoms with Gasteiger partial charge in [-0.3, -0.25) is 0 Å². The van der Waals surface area contributed by atoms with Crippen molar-refractivity contribution in [3.8, 4) is 0 Å². The van der Waals surface area contributed by atoms with E-state index < -0.39 is 0 Å². The molecule has 0 spiro atoms. The van der Waals surface area contributed by atoms with Gasteiger partial charge in [0.15, 0.2) is 0 Å². The first-order chi connectivity index (χ1) is 7.26. The molecule has 1 fully saturated rings. The summed E-state index contributed by atoms with van der Waals surface area (Å²) in [6.45, 7) is 8.99. The predicted octanol–water partition coefficient (Wildman–Crippen LogP) is 4.41. The Hall–Kier alpha value is -0.0400. The Balaban J connectivity index is 2.20. The van der Waals surface area contributed by atoms with Crippen molar-refractivity contribution in [2.75, 3.05) is 13.2 Å². The first-order valence-electron chi connectivity index (χ1n) is 6.84. The van der Waals surface area contributed by atoms with Crippen LogP contribution in [0.4, 0.5) is 0 Å². The van der Waals surface area contributed by atoms with Crippen molar-refractivity contribution in [3.05, 3.63) is 0 Å². The van der Waals surface area contributed by atoms with Crippen LogP contribution >= 0.6 is 0 Å². The smallest absolute Gasteiger partial charge is 0.0544 e. The van der Waals surface area contributed by atoms with Crippen LogP contribution in [0.5, 0.6) is 0 Å². The van der Waals surface area contributed by atoms with Crippen molar-refractivity contribution in [3.63, 3.8) is 0 Å². The van der Waals surface area contributed by atoms with E-state index in [0.717, 1.165) is 19.1 Å². The summed E-state index contributed by atoms with van der Waals surface area (Å²) in [5, 5.41) is 0. The topological polar surface area (TPSA) is 9.23 Å². The second kappa shape index (κ2) is 6.52. The van der Waals surface area contributed by atoms with Gasteiger partial charge in [-0.25, -0.2) is 0 Å². The molecule has 0 amide bonds. The van der Waals surface area contributed by atoms with Crippen LogP contribution in [0, 0.1) is 11.3 Å². The molecule has 0 aliphatic carbocycles. The van der Waals surface area contributed by atoms with Crippen LogP contribution in [0.3, 0.4) is 0 Å². The highest BCUT2D eigenvalue weighted by atomic mass is 16.5. The highest BCUT2D eigenvalue weighted by molar-refractivity contribution is 4.84. The van der Waals surface area contributed by atoms with Crippen LogP contribution in [-0.4, -0.2) is 13.2 Å². The molecule has 90 valence electrons. The van der Waals surface area contributed by atoms with Crippen LogP contribution in [0.25, 0.3) is 0 Å². The van der Waals surface area contributed by atoms with Crippen molar-refractivity contribution >= 4 is 0 Å². The molecule has 1 nitrogen and oxygen atoms in total. The van der Waals surface area contributed by atoms with Crippen LogP contribution in [0.15, 0.2) is 0 Å². The van der Waals surface area contributed by atoms with Gasteiger partial charge < -0.3 is 4.74 Å². The third kappa shape index (κ3) is 3.79. The molecule has 0 aromatic heterocycles. The SMILES string of the molecule is CCCCC(CC)CCC1(CC)COC1. The fraction of sp³-hybridized carbons (Fsp3) is 1.00. The standard InChI is InChI=1S/C14H28O/c1-4-7-8-13(5-2)9-10-14(6-3)11-15-12-14/h13H,4-12H2,1-3H3. The quantitative estimate of drug-likeness (QED) is 0.579. The van der Waals surface area contributed by atoms with Crippen molar-refractivity contribution in [1.29, 1.82) is 0 Å². The summed E-state index contributed by atoms with van der Waals surface area (Å²) in [6, 6.07) is 0. The van der Waals surface area contributed by atoms with Crippen LogP contribution < -0.4 is 0 Å². The van der Waals surface area contributed by atoms with Gasteiger partial charge >= 0.3 is 0 Å². The highest BCUT2D eigenvalue weighted by Gasteiger charge is 2.36. The summed E-state index contributed by atoms with van der Waals surface area (Å²) in [7, 11) is 0. The van der Waals surface area contributed by atoms with Crippen LogP contribution in [0.2, 0.25) is 0 Å². The van der Waals surface area contributed by atoms with Crippen molar-refractivity contribution in [1.82, 2.24) is 0 Å². The van der Waals surface area contributed by atoms with Gasteiger partial charge in [0, 0.05) is 5.41 Å². The summed E-state index contributed by atoms with van der Waals surface area (Å²) in [5.74, 6) is 0.967. The second-order valence-corrected chi connectivity index (χ2v) is 5.30. The minimum Gasteiger partial charge on any atom is -0.380 e. The zero-order valence-corrected chi connectivity index (χ0v) is 10.8. The first kappa shape index (κ1) is 13.0. The van der Waals surface area contributed by atoms with E-state index in [1.807, 2.05) is 0 Å². The van der Waals surface area contributed by atoms with E-state index in [9.17, 15) is 0 Å². The Morgan fingerprint density at radius 2 is 1.87 bits per heavy atom. The lowest BCUT2D eigenvalue weighted by atomic mass is 9.76. The van der Waals surface area contributed by atoms with Gasteiger partial charge in [-0.1, -0.05) is 46.5 Å². The lowest BCUT2D eigenvalue weighted by molar-refractivity contribution is -0.121.